The van der Waals surface area contributed by atoms with Crippen LogP contribution in [-0.2, 0) is 0 Å². The number of aromatic nitrogens is 1. The number of nitrogens with one attached hydrogen (secondary N) is 2. The second-order valence-electron chi connectivity index (χ2n) is 6.14. The highest BCUT2D eigenvalue weighted by Gasteiger charge is 2.39. The normalized spacial score (nSPS) is 25.9. The predicted molar refractivity (Wildman–Crippen MR) is 74.7 cm³/mol. The molecule has 1 aromatic heterocycles. The van der Waals surface area contributed by atoms with Crippen LogP contribution in [0.1, 0.15) is 30.7 Å². The third-order valence-electron chi connectivity index (χ3n) is 4.53. The van der Waals surface area contributed by atoms with Crippen LogP contribution in [0.15, 0.2) is 24.4 Å². The quantitative estimate of drug-likeness (QED) is 0.845. The fourth-order valence-corrected chi connectivity index (χ4v) is 3.07. The summed E-state index contributed by atoms with van der Waals surface area (Å²) >= 11 is 0. The summed E-state index contributed by atoms with van der Waals surface area (Å²) in [4.78, 5) is 3.25. The highest BCUT2D eigenvalue weighted by atomic mass is 19.1. The van der Waals surface area contributed by atoms with Gasteiger partial charge in [-0.15, -0.1) is 0 Å². The molecule has 4 rings (SSSR count). The molecule has 100 valence electrons. The van der Waals surface area contributed by atoms with E-state index < -0.39 is 0 Å². The van der Waals surface area contributed by atoms with Crippen LogP contribution in [0.5, 0.6) is 0 Å². The molecule has 0 unspecified atom stereocenters. The Morgan fingerprint density at radius 3 is 3.00 bits per heavy atom. The topological polar surface area (TPSA) is 27.8 Å². The summed E-state index contributed by atoms with van der Waals surface area (Å²) in [6.07, 6.45) is 6.11. The van der Waals surface area contributed by atoms with E-state index in [-0.39, 0.29) is 5.82 Å². The molecule has 2 aliphatic carbocycles. The molecule has 2 N–H and O–H groups in total. The number of aromatic amines is 1. The van der Waals surface area contributed by atoms with E-state index in [4.69, 9.17) is 0 Å². The van der Waals surface area contributed by atoms with Gasteiger partial charge in [0, 0.05) is 17.1 Å². The molecule has 2 aromatic rings. The van der Waals surface area contributed by atoms with Crippen molar-refractivity contribution in [3.8, 4) is 0 Å². The lowest BCUT2D eigenvalue weighted by Gasteiger charge is -2.02. The Bertz CT molecular complexity index is 600. The first-order chi connectivity index (χ1) is 9.31. The fraction of sp³-hybridized carbons (Fsp3) is 0.500. The average molecular weight is 258 g/mol. The van der Waals surface area contributed by atoms with Crippen LogP contribution in [0, 0.1) is 17.7 Å². The first-order valence-corrected chi connectivity index (χ1v) is 7.28. The molecule has 0 amide bonds. The lowest BCUT2D eigenvalue weighted by Crippen LogP contribution is -2.19. The van der Waals surface area contributed by atoms with Gasteiger partial charge in [-0.1, -0.05) is 0 Å². The van der Waals surface area contributed by atoms with Crippen LogP contribution in [0.25, 0.3) is 10.9 Å². The van der Waals surface area contributed by atoms with E-state index in [0.29, 0.717) is 5.92 Å². The Balaban J connectivity index is 1.45. The van der Waals surface area contributed by atoms with Crippen LogP contribution in [0.4, 0.5) is 4.39 Å². The third kappa shape index (κ3) is 2.27. The van der Waals surface area contributed by atoms with Crippen LogP contribution >= 0.6 is 0 Å². The zero-order valence-electron chi connectivity index (χ0n) is 11.0. The molecule has 2 aliphatic rings. The summed E-state index contributed by atoms with van der Waals surface area (Å²) < 4.78 is 13.3. The maximum atomic E-state index is 13.3. The second kappa shape index (κ2) is 4.34. The van der Waals surface area contributed by atoms with Crippen molar-refractivity contribution in [3.05, 3.63) is 35.8 Å². The smallest absolute Gasteiger partial charge is 0.123 e. The Morgan fingerprint density at radius 2 is 2.16 bits per heavy atom. The van der Waals surface area contributed by atoms with Crippen molar-refractivity contribution in [1.29, 1.82) is 0 Å². The number of benzene rings is 1. The van der Waals surface area contributed by atoms with Crippen LogP contribution in [-0.4, -0.2) is 18.1 Å². The van der Waals surface area contributed by atoms with E-state index in [2.05, 4.69) is 16.5 Å². The maximum Gasteiger partial charge on any atom is 0.123 e. The summed E-state index contributed by atoms with van der Waals surface area (Å²) in [6, 6.07) is 5.01. The molecular weight excluding hydrogens is 239 g/mol. The van der Waals surface area contributed by atoms with Gasteiger partial charge in [-0.2, -0.15) is 0 Å². The molecule has 0 aliphatic heterocycles. The zero-order chi connectivity index (χ0) is 12.8. The van der Waals surface area contributed by atoms with Gasteiger partial charge in [0.15, 0.2) is 0 Å². The van der Waals surface area contributed by atoms with Gasteiger partial charge in [0.2, 0.25) is 0 Å². The highest BCUT2D eigenvalue weighted by molar-refractivity contribution is 5.84. The Labute approximate surface area is 112 Å². The molecule has 1 aromatic carbocycles. The van der Waals surface area contributed by atoms with E-state index in [1.165, 1.54) is 37.4 Å². The van der Waals surface area contributed by atoms with E-state index >= 15 is 0 Å². The first kappa shape index (κ1) is 11.5. The van der Waals surface area contributed by atoms with Crippen molar-refractivity contribution < 1.29 is 4.39 Å². The summed E-state index contributed by atoms with van der Waals surface area (Å²) in [5.41, 5.74) is 2.35. The number of fused-ring (bicyclic) bond motifs is 1. The molecule has 19 heavy (non-hydrogen) atoms. The predicted octanol–water partition coefficient (Wildman–Crippen LogP) is 3.41. The van der Waals surface area contributed by atoms with E-state index in [1.807, 2.05) is 6.07 Å². The molecule has 0 spiro atoms. The molecule has 0 saturated heterocycles. The molecule has 2 fully saturated rings. The number of rotatable bonds is 5. The Kier molecular flexibility index (Phi) is 2.62. The molecule has 2 atom stereocenters. The van der Waals surface area contributed by atoms with E-state index in [0.717, 1.165) is 29.3 Å². The third-order valence-corrected chi connectivity index (χ3v) is 4.53. The van der Waals surface area contributed by atoms with Gasteiger partial charge in [-0.3, -0.25) is 0 Å². The zero-order valence-corrected chi connectivity index (χ0v) is 11.0. The standard InChI is InChI=1S/C16H19FN2/c17-12-3-4-16-14(6-12)15(9-19-16)13-5-11(13)8-18-7-10-1-2-10/h3-4,6,9-11,13,18-19H,1-2,5,7-8H2/t11-,13+/m0/s1. The van der Waals surface area contributed by atoms with Crippen LogP contribution in [0.2, 0.25) is 0 Å². The first-order valence-electron chi connectivity index (χ1n) is 7.28. The molecule has 3 heteroatoms. The lowest BCUT2D eigenvalue weighted by atomic mass is 10.1. The molecule has 2 saturated carbocycles. The van der Waals surface area contributed by atoms with Crippen molar-refractivity contribution in [1.82, 2.24) is 10.3 Å². The van der Waals surface area contributed by atoms with Crippen LogP contribution in [0.3, 0.4) is 0 Å². The highest BCUT2D eigenvalue weighted by Crippen LogP contribution is 2.49. The van der Waals surface area contributed by atoms with Gasteiger partial charge >= 0.3 is 0 Å². The number of halogens is 1. The molecule has 0 radical (unpaired) electrons. The Morgan fingerprint density at radius 1 is 1.26 bits per heavy atom. The monoisotopic (exact) mass is 258 g/mol. The van der Waals surface area contributed by atoms with Gasteiger partial charge < -0.3 is 10.3 Å². The number of hydrogen-bond acceptors (Lipinski definition) is 1. The van der Waals surface area contributed by atoms with Crippen molar-refractivity contribution in [2.45, 2.75) is 25.2 Å². The SMILES string of the molecule is Fc1ccc2[nH]cc([C@@H]3C[C@H]3CNCC3CC3)c2c1. The largest absolute Gasteiger partial charge is 0.361 e. The van der Waals surface area contributed by atoms with Crippen molar-refractivity contribution in [2.75, 3.05) is 13.1 Å². The Hall–Kier alpha value is -1.35. The van der Waals surface area contributed by atoms with E-state index in [1.54, 1.807) is 6.07 Å². The van der Waals surface area contributed by atoms with Crippen molar-refractivity contribution in [2.24, 2.45) is 11.8 Å². The lowest BCUT2D eigenvalue weighted by molar-refractivity contribution is 0.596. The van der Waals surface area contributed by atoms with Gasteiger partial charge in [0.1, 0.15) is 5.82 Å². The molecular formula is C16H19FN2. The molecule has 2 nitrogen and oxygen atoms in total. The van der Waals surface area contributed by atoms with Crippen molar-refractivity contribution >= 4 is 10.9 Å². The summed E-state index contributed by atoms with van der Waals surface area (Å²) in [6.45, 7) is 2.30. The second-order valence-corrected chi connectivity index (χ2v) is 6.14. The van der Waals surface area contributed by atoms with E-state index in [9.17, 15) is 4.39 Å². The molecule has 0 bridgehead atoms. The van der Waals surface area contributed by atoms with Crippen molar-refractivity contribution in [3.63, 3.8) is 0 Å². The van der Waals surface area contributed by atoms with Gasteiger partial charge in [-0.25, -0.2) is 4.39 Å². The molecule has 1 heterocycles. The summed E-state index contributed by atoms with van der Waals surface area (Å²) in [5.74, 6) is 2.15. The minimum atomic E-state index is -0.141. The minimum Gasteiger partial charge on any atom is -0.361 e. The maximum absolute atomic E-state index is 13.3. The average Bonchev–Trinajstić information content (AvgIpc) is 3.31. The number of hydrogen-bond donors (Lipinski definition) is 2. The summed E-state index contributed by atoms with van der Waals surface area (Å²) in [7, 11) is 0. The summed E-state index contributed by atoms with van der Waals surface area (Å²) in [5, 5.41) is 4.64. The number of H-pyrrole nitrogens is 1. The van der Waals surface area contributed by atoms with Gasteiger partial charge in [0.05, 0.1) is 0 Å². The fourth-order valence-electron chi connectivity index (χ4n) is 3.07. The van der Waals surface area contributed by atoms with Gasteiger partial charge in [-0.05, 0) is 73.9 Å². The van der Waals surface area contributed by atoms with Crippen LogP contribution < -0.4 is 5.32 Å². The minimum absolute atomic E-state index is 0.141. The van der Waals surface area contributed by atoms with Gasteiger partial charge in [0.25, 0.3) is 0 Å².